The van der Waals surface area contributed by atoms with Gasteiger partial charge in [-0.05, 0) is 36.1 Å². The molecule has 3 rings (SSSR count). The Kier molecular flexibility index (Phi) is 9.27. The minimum atomic E-state index is -1.03. The topological polar surface area (TPSA) is 114 Å². The number of hydrogen-bond acceptors (Lipinski definition) is 5. The van der Waals surface area contributed by atoms with Gasteiger partial charge in [-0.1, -0.05) is 48.5 Å². The van der Waals surface area contributed by atoms with Crippen LogP contribution >= 0.6 is 0 Å². The van der Waals surface area contributed by atoms with Crippen LogP contribution in [0.15, 0.2) is 48.5 Å². The maximum atomic E-state index is 12.7. The van der Waals surface area contributed by atoms with E-state index in [0.29, 0.717) is 6.61 Å². The van der Waals surface area contributed by atoms with E-state index in [1.807, 2.05) is 36.4 Å². The van der Waals surface area contributed by atoms with Gasteiger partial charge in [-0.2, -0.15) is 0 Å². The minimum absolute atomic E-state index is 0.00139. The zero-order valence-corrected chi connectivity index (χ0v) is 19.9. The second-order valence-electron chi connectivity index (χ2n) is 8.07. The first kappa shape index (κ1) is 25.8. The minimum Gasteiger partial charge on any atom is -0.481 e. The number of fused-ring (bicyclic) bond motifs is 3. The molecule has 2 unspecified atom stereocenters. The van der Waals surface area contributed by atoms with Crippen molar-refractivity contribution in [3.05, 3.63) is 59.7 Å². The van der Waals surface area contributed by atoms with Crippen LogP contribution in [0.1, 0.15) is 43.7 Å². The Morgan fingerprint density at radius 1 is 1.06 bits per heavy atom. The molecular formula is C27H30N2O6. The van der Waals surface area contributed by atoms with Gasteiger partial charge in [0.05, 0.1) is 12.5 Å². The predicted molar refractivity (Wildman–Crippen MR) is 131 cm³/mol. The van der Waals surface area contributed by atoms with Crippen molar-refractivity contribution in [1.82, 2.24) is 10.6 Å². The summed E-state index contributed by atoms with van der Waals surface area (Å²) in [6, 6.07) is 15.1. The molecule has 8 nitrogen and oxygen atoms in total. The number of benzene rings is 2. The summed E-state index contributed by atoms with van der Waals surface area (Å²) in [5.41, 5.74) is 4.43. The van der Waals surface area contributed by atoms with Gasteiger partial charge >= 0.3 is 12.1 Å². The molecule has 2 aromatic rings. The van der Waals surface area contributed by atoms with E-state index in [2.05, 4.69) is 34.6 Å². The molecule has 0 aliphatic heterocycles. The average molecular weight is 479 g/mol. The molecule has 35 heavy (non-hydrogen) atoms. The Bertz CT molecular complexity index is 1070. The summed E-state index contributed by atoms with van der Waals surface area (Å²) in [6.07, 6.45) is -1.55. The average Bonchev–Trinajstić information content (AvgIpc) is 3.17. The van der Waals surface area contributed by atoms with Gasteiger partial charge < -0.3 is 25.2 Å². The van der Waals surface area contributed by atoms with Crippen LogP contribution in [-0.2, 0) is 19.1 Å². The van der Waals surface area contributed by atoms with Gasteiger partial charge in [-0.25, -0.2) is 4.79 Å². The Morgan fingerprint density at radius 3 is 2.26 bits per heavy atom. The van der Waals surface area contributed by atoms with Crippen molar-refractivity contribution in [3.8, 4) is 23.0 Å². The van der Waals surface area contributed by atoms with Gasteiger partial charge in [-0.3, -0.25) is 9.59 Å². The van der Waals surface area contributed by atoms with E-state index in [9.17, 15) is 14.4 Å². The van der Waals surface area contributed by atoms with E-state index < -0.39 is 30.1 Å². The summed E-state index contributed by atoms with van der Waals surface area (Å²) in [4.78, 5) is 36.3. The maximum absolute atomic E-state index is 12.7. The van der Waals surface area contributed by atoms with Gasteiger partial charge in [0.1, 0.15) is 12.6 Å². The van der Waals surface area contributed by atoms with Gasteiger partial charge in [-0.15, -0.1) is 11.8 Å². The lowest BCUT2D eigenvalue weighted by atomic mass is 9.98. The number of hydrogen-bond donors (Lipinski definition) is 3. The van der Waals surface area contributed by atoms with E-state index in [-0.39, 0.29) is 31.9 Å². The second kappa shape index (κ2) is 12.6. The maximum Gasteiger partial charge on any atom is 0.407 e. The van der Waals surface area contributed by atoms with Crippen LogP contribution in [0.4, 0.5) is 4.79 Å². The van der Waals surface area contributed by atoms with E-state index in [0.717, 1.165) is 22.3 Å². The summed E-state index contributed by atoms with van der Waals surface area (Å²) in [6.45, 7) is 3.83. The van der Waals surface area contributed by atoms with Crippen molar-refractivity contribution >= 4 is 18.0 Å². The zero-order valence-electron chi connectivity index (χ0n) is 19.9. The molecule has 0 spiro atoms. The highest BCUT2D eigenvalue weighted by atomic mass is 16.5. The van der Waals surface area contributed by atoms with Gasteiger partial charge in [0.25, 0.3) is 0 Å². The monoisotopic (exact) mass is 478 g/mol. The number of carboxylic acid groups (broad SMARTS) is 1. The SMILES string of the molecule is CC#CCC(NC(=O)OCC1c2ccccc2-c2ccccc21)C(=O)NCC(CC(=O)O)OCC. The van der Waals surface area contributed by atoms with E-state index in [4.69, 9.17) is 14.6 Å². The summed E-state index contributed by atoms with van der Waals surface area (Å²) >= 11 is 0. The first-order valence-electron chi connectivity index (χ1n) is 11.6. The smallest absolute Gasteiger partial charge is 0.407 e. The molecule has 0 fully saturated rings. The van der Waals surface area contributed by atoms with Crippen molar-refractivity contribution in [2.45, 2.75) is 44.8 Å². The Balaban J connectivity index is 1.61. The first-order chi connectivity index (χ1) is 16.9. The molecule has 3 N–H and O–H groups in total. The van der Waals surface area contributed by atoms with E-state index in [1.165, 1.54) is 0 Å². The van der Waals surface area contributed by atoms with Gasteiger partial charge in [0.15, 0.2) is 0 Å². The highest BCUT2D eigenvalue weighted by Gasteiger charge is 2.30. The molecule has 0 aromatic heterocycles. The highest BCUT2D eigenvalue weighted by molar-refractivity contribution is 5.86. The molecule has 2 aromatic carbocycles. The van der Waals surface area contributed by atoms with Crippen LogP contribution in [0.25, 0.3) is 11.1 Å². The molecule has 0 radical (unpaired) electrons. The van der Waals surface area contributed by atoms with Crippen LogP contribution in [0.5, 0.6) is 0 Å². The third kappa shape index (κ3) is 6.84. The van der Waals surface area contributed by atoms with Crippen molar-refractivity contribution in [3.63, 3.8) is 0 Å². The summed E-state index contributed by atoms with van der Waals surface area (Å²) in [7, 11) is 0. The lowest BCUT2D eigenvalue weighted by Crippen LogP contribution is -2.48. The summed E-state index contributed by atoms with van der Waals surface area (Å²) in [5, 5.41) is 14.2. The first-order valence-corrected chi connectivity index (χ1v) is 11.6. The Morgan fingerprint density at radius 2 is 1.69 bits per heavy atom. The third-order valence-electron chi connectivity index (χ3n) is 5.74. The zero-order chi connectivity index (χ0) is 25.2. The molecule has 1 aliphatic rings. The van der Waals surface area contributed by atoms with Crippen molar-refractivity contribution in [2.75, 3.05) is 19.8 Å². The Labute approximate surface area is 205 Å². The molecular weight excluding hydrogens is 448 g/mol. The van der Waals surface area contributed by atoms with Crippen LogP contribution in [0, 0.1) is 11.8 Å². The number of carbonyl (C=O) groups is 3. The highest BCUT2D eigenvalue weighted by Crippen LogP contribution is 2.44. The van der Waals surface area contributed by atoms with Crippen LogP contribution < -0.4 is 10.6 Å². The molecule has 2 amide bonds. The third-order valence-corrected chi connectivity index (χ3v) is 5.74. The summed E-state index contributed by atoms with van der Waals surface area (Å²) < 4.78 is 10.9. The standard InChI is InChI=1S/C27H30N2O6/c1-3-5-14-24(26(32)28-16-18(34-4-2)15-25(30)31)29-27(33)35-17-23-21-12-8-6-10-19(21)20-11-7-9-13-22(20)23/h6-13,18,23-24H,4,14-17H2,1-2H3,(H,28,32)(H,29,33)(H,30,31). The lowest BCUT2D eigenvalue weighted by Gasteiger charge is -2.20. The predicted octanol–water partition coefficient (Wildman–Crippen LogP) is 3.30. The molecule has 0 bridgehead atoms. The van der Waals surface area contributed by atoms with Crippen LogP contribution in [-0.4, -0.2) is 55.0 Å². The fourth-order valence-corrected chi connectivity index (χ4v) is 4.15. The number of carboxylic acids is 1. The molecule has 2 atom stereocenters. The normalized spacial score (nSPS) is 13.4. The number of alkyl carbamates (subject to hydrolysis) is 1. The molecule has 184 valence electrons. The number of ether oxygens (including phenoxy) is 2. The molecule has 8 heteroatoms. The largest absolute Gasteiger partial charge is 0.481 e. The molecule has 0 heterocycles. The van der Waals surface area contributed by atoms with E-state index in [1.54, 1.807) is 13.8 Å². The number of nitrogens with one attached hydrogen (secondary N) is 2. The fraction of sp³-hybridized carbons (Fsp3) is 0.370. The number of rotatable bonds is 11. The van der Waals surface area contributed by atoms with Crippen molar-refractivity contribution in [2.24, 2.45) is 0 Å². The lowest BCUT2D eigenvalue weighted by molar-refractivity contribution is -0.140. The fourth-order valence-electron chi connectivity index (χ4n) is 4.15. The molecule has 0 saturated heterocycles. The second-order valence-corrected chi connectivity index (χ2v) is 8.07. The quantitative estimate of drug-likeness (QED) is 0.427. The number of carbonyl (C=O) groups excluding carboxylic acids is 2. The van der Waals surface area contributed by atoms with Crippen molar-refractivity contribution in [1.29, 1.82) is 0 Å². The molecule has 1 aliphatic carbocycles. The summed E-state index contributed by atoms with van der Waals surface area (Å²) in [5.74, 6) is 3.90. The Hall–Kier alpha value is -3.83. The van der Waals surface area contributed by atoms with Gasteiger partial charge in [0.2, 0.25) is 5.91 Å². The van der Waals surface area contributed by atoms with Crippen LogP contribution in [0.3, 0.4) is 0 Å². The number of aliphatic carboxylic acids is 1. The van der Waals surface area contributed by atoms with Gasteiger partial charge in [0, 0.05) is 25.5 Å². The van der Waals surface area contributed by atoms with Crippen molar-refractivity contribution < 1.29 is 29.0 Å². The molecule has 0 saturated carbocycles. The van der Waals surface area contributed by atoms with E-state index >= 15 is 0 Å². The number of amides is 2. The van der Waals surface area contributed by atoms with Crippen LogP contribution in [0.2, 0.25) is 0 Å².